The molecule has 0 fully saturated rings. The molecule has 20 heavy (non-hydrogen) atoms. The third kappa shape index (κ3) is 3.81. The summed E-state index contributed by atoms with van der Waals surface area (Å²) in [6, 6.07) is 13.1. The Morgan fingerprint density at radius 1 is 1.25 bits per heavy atom. The summed E-state index contributed by atoms with van der Waals surface area (Å²) in [6.07, 6.45) is 4.49. The van der Waals surface area contributed by atoms with Crippen molar-refractivity contribution in [2.45, 2.75) is 25.3 Å². The first-order chi connectivity index (χ1) is 9.70. The van der Waals surface area contributed by atoms with Crippen LogP contribution in [0.5, 0.6) is 0 Å². The van der Waals surface area contributed by atoms with E-state index in [1.54, 1.807) is 6.08 Å². The van der Waals surface area contributed by atoms with Crippen molar-refractivity contribution in [3.63, 3.8) is 0 Å². The van der Waals surface area contributed by atoms with Crippen LogP contribution in [0.1, 0.15) is 24.4 Å². The van der Waals surface area contributed by atoms with Gasteiger partial charge in [0, 0.05) is 6.07 Å². The number of hydrogen-bond acceptors (Lipinski definition) is 2. The molecule has 0 aliphatic heterocycles. The van der Waals surface area contributed by atoms with Gasteiger partial charge in [-0.1, -0.05) is 48.0 Å². The van der Waals surface area contributed by atoms with Crippen LogP contribution in [0.15, 0.2) is 59.9 Å². The zero-order chi connectivity index (χ0) is 14.4. The Labute approximate surface area is 123 Å². The minimum absolute atomic E-state index is 0.120. The first-order valence-electron chi connectivity index (χ1n) is 6.62. The maximum atomic E-state index is 11.8. The molecule has 1 aromatic carbocycles. The molecular formula is C16H17ClN2O. The Balaban J connectivity index is 2.01. The summed E-state index contributed by atoms with van der Waals surface area (Å²) in [5.74, 6) is 0. The molecule has 0 N–H and O–H groups in total. The molecule has 0 aliphatic carbocycles. The summed E-state index contributed by atoms with van der Waals surface area (Å²) in [5, 5.41) is 4.39. The van der Waals surface area contributed by atoms with E-state index in [0.717, 1.165) is 19.3 Å². The van der Waals surface area contributed by atoms with Crippen LogP contribution in [-0.4, -0.2) is 9.78 Å². The van der Waals surface area contributed by atoms with Gasteiger partial charge in [0.05, 0.1) is 6.04 Å². The molecule has 3 nitrogen and oxygen atoms in total. The van der Waals surface area contributed by atoms with Crippen molar-refractivity contribution in [2.75, 3.05) is 0 Å². The summed E-state index contributed by atoms with van der Waals surface area (Å²) >= 11 is 5.84. The normalized spacial score (nSPS) is 12.1. The highest BCUT2D eigenvalue weighted by Crippen LogP contribution is 2.15. The third-order valence-electron chi connectivity index (χ3n) is 3.19. The van der Waals surface area contributed by atoms with Crippen LogP contribution in [0.25, 0.3) is 0 Å². The molecule has 1 heterocycles. The van der Waals surface area contributed by atoms with Gasteiger partial charge in [-0.15, -0.1) is 6.58 Å². The van der Waals surface area contributed by atoms with E-state index >= 15 is 0 Å². The molecule has 1 unspecified atom stereocenters. The highest BCUT2D eigenvalue weighted by atomic mass is 35.5. The van der Waals surface area contributed by atoms with Crippen molar-refractivity contribution < 1.29 is 0 Å². The Kier molecular flexibility index (Phi) is 5.13. The summed E-state index contributed by atoms with van der Waals surface area (Å²) in [4.78, 5) is 11.8. The monoisotopic (exact) mass is 288 g/mol. The maximum Gasteiger partial charge on any atom is 0.267 e. The van der Waals surface area contributed by atoms with Crippen molar-refractivity contribution in [2.24, 2.45) is 0 Å². The summed E-state index contributed by atoms with van der Waals surface area (Å²) in [7, 11) is 0. The van der Waals surface area contributed by atoms with Crippen molar-refractivity contribution >= 4 is 11.6 Å². The highest BCUT2D eigenvalue weighted by Gasteiger charge is 2.10. The van der Waals surface area contributed by atoms with Crippen LogP contribution in [0.2, 0.25) is 5.15 Å². The van der Waals surface area contributed by atoms with Crippen molar-refractivity contribution in [1.82, 2.24) is 9.78 Å². The molecule has 0 saturated carbocycles. The van der Waals surface area contributed by atoms with Crippen molar-refractivity contribution in [3.8, 4) is 0 Å². The molecule has 1 aromatic heterocycles. The second-order valence-corrected chi connectivity index (χ2v) is 5.01. The average Bonchev–Trinajstić information content (AvgIpc) is 2.48. The van der Waals surface area contributed by atoms with Crippen LogP contribution in [-0.2, 0) is 6.42 Å². The first kappa shape index (κ1) is 14.5. The second kappa shape index (κ2) is 7.06. The van der Waals surface area contributed by atoms with Crippen LogP contribution >= 0.6 is 11.6 Å². The van der Waals surface area contributed by atoms with E-state index in [1.165, 1.54) is 22.4 Å². The minimum Gasteiger partial charge on any atom is -0.268 e. The van der Waals surface area contributed by atoms with Crippen LogP contribution in [0, 0.1) is 0 Å². The van der Waals surface area contributed by atoms with Gasteiger partial charge >= 0.3 is 0 Å². The van der Waals surface area contributed by atoms with Crippen LogP contribution < -0.4 is 5.56 Å². The standard InChI is InChI=1S/C16H17ClN2O/c1-2-14(19-16(20)12-11-15(17)18-19)10-6-9-13-7-4-3-5-8-13/h2-5,7-8,11-12,14H,1,6,9-10H2. The third-order valence-corrected chi connectivity index (χ3v) is 3.39. The first-order valence-corrected chi connectivity index (χ1v) is 7.00. The molecule has 0 radical (unpaired) electrons. The molecular weight excluding hydrogens is 272 g/mol. The van der Waals surface area contributed by atoms with Gasteiger partial charge in [-0.25, -0.2) is 4.68 Å². The molecule has 104 valence electrons. The van der Waals surface area contributed by atoms with Crippen LogP contribution in [0.4, 0.5) is 0 Å². The van der Waals surface area contributed by atoms with Gasteiger partial charge in [0.1, 0.15) is 5.15 Å². The molecule has 0 amide bonds. The SMILES string of the molecule is C=CC(CCCc1ccccc1)n1nc(Cl)ccc1=O. The topological polar surface area (TPSA) is 34.9 Å². The smallest absolute Gasteiger partial charge is 0.267 e. The number of aryl methyl sites for hydroxylation is 1. The van der Waals surface area contributed by atoms with Gasteiger partial charge in [-0.05, 0) is 30.9 Å². The van der Waals surface area contributed by atoms with Gasteiger partial charge in [-0.2, -0.15) is 5.10 Å². The molecule has 0 spiro atoms. The molecule has 0 aliphatic rings. The fourth-order valence-corrected chi connectivity index (χ4v) is 2.28. The molecule has 0 saturated heterocycles. The number of nitrogens with zero attached hydrogens (tertiary/aromatic N) is 2. The predicted octanol–water partition coefficient (Wildman–Crippen LogP) is 3.65. The van der Waals surface area contributed by atoms with E-state index in [1.807, 2.05) is 18.2 Å². The van der Waals surface area contributed by atoms with Crippen molar-refractivity contribution in [3.05, 3.63) is 76.2 Å². The van der Waals surface area contributed by atoms with Gasteiger partial charge in [0.25, 0.3) is 5.56 Å². The zero-order valence-electron chi connectivity index (χ0n) is 11.2. The summed E-state index contributed by atoms with van der Waals surface area (Å²) in [6.45, 7) is 3.79. The predicted molar refractivity (Wildman–Crippen MR) is 82.1 cm³/mol. The number of allylic oxidation sites excluding steroid dienone is 1. The van der Waals surface area contributed by atoms with E-state index in [9.17, 15) is 4.79 Å². The van der Waals surface area contributed by atoms with Gasteiger partial charge in [-0.3, -0.25) is 4.79 Å². The number of aromatic nitrogens is 2. The molecule has 2 rings (SSSR count). The molecule has 2 aromatic rings. The number of benzene rings is 1. The number of hydrogen-bond donors (Lipinski definition) is 0. The van der Waals surface area contributed by atoms with E-state index in [4.69, 9.17) is 11.6 Å². The fraction of sp³-hybridized carbons (Fsp3) is 0.250. The van der Waals surface area contributed by atoms with Crippen LogP contribution in [0.3, 0.4) is 0 Å². The summed E-state index contributed by atoms with van der Waals surface area (Å²) < 4.78 is 1.40. The highest BCUT2D eigenvalue weighted by molar-refractivity contribution is 6.29. The average molecular weight is 289 g/mol. The molecule has 4 heteroatoms. The fourth-order valence-electron chi connectivity index (χ4n) is 2.14. The van der Waals surface area contributed by atoms with Gasteiger partial charge < -0.3 is 0 Å². The summed E-state index contributed by atoms with van der Waals surface area (Å²) in [5.41, 5.74) is 1.14. The maximum absolute atomic E-state index is 11.8. The van der Waals surface area contributed by atoms with Gasteiger partial charge in [0.15, 0.2) is 0 Å². The lowest BCUT2D eigenvalue weighted by atomic mass is 10.0. The number of rotatable bonds is 6. The Morgan fingerprint density at radius 2 is 2.00 bits per heavy atom. The minimum atomic E-state index is -0.154. The van der Waals surface area contributed by atoms with Gasteiger partial charge in [0.2, 0.25) is 0 Å². The lowest BCUT2D eigenvalue weighted by Gasteiger charge is -2.14. The Hall–Kier alpha value is -1.87. The van der Waals surface area contributed by atoms with E-state index in [-0.39, 0.29) is 11.6 Å². The number of halogens is 1. The zero-order valence-corrected chi connectivity index (χ0v) is 12.0. The molecule has 0 bridgehead atoms. The van der Waals surface area contributed by atoms with Crippen molar-refractivity contribution in [1.29, 1.82) is 0 Å². The molecule has 1 atom stereocenters. The van der Waals surface area contributed by atoms with E-state index in [2.05, 4.69) is 23.8 Å². The quantitative estimate of drug-likeness (QED) is 0.761. The largest absolute Gasteiger partial charge is 0.268 e. The Morgan fingerprint density at radius 3 is 2.70 bits per heavy atom. The lowest BCUT2D eigenvalue weighted by Crippen LogP contribution is -2.25. The lowest BCUT2D eigenvalue weighted by molar-refractivity contribution is 0.467. The Bertz CT molecular complexity index is 622. The second-order valence-electron chi connectivity index (χ2n) is 4.62. The van der Waals surface area contributed by atoms with E-state index in [0.29, 0.717) is 5.15 Å². The van der Waals surface area contributed by atoms with E-state index < -0.39 is 0 Å².